The summed E-state index contributed by atoms with van der Waals surface area (Å²) >= 11 is 0. The maximum atomic E-state index is 13.3. The standard InChI is InChI=1S/C10H11F2NO5S/c11-6-1-2-7(12)9(5-6)19(17,18)13-4-3-8(14)10(15)16/h1-2,5,8,13-14H,3-4H2,(H,15,16). The van der Waals surface area contributed by atoms with Crippen molar-refractivity contribution in [1.29, 1.82) is 0 Å². The molecule has 1 aromatic carbocycles. The van der Waals surface area contributed by atoms with Crippen LogP contribution in [-0.2, 0) is 14.8 Å². The molecular formula is C10H11F2NO5S. The first-order valence-electron chi connectivity index (χ1n) is 5.09. The van der Waals surface area contributed by atoms with Crippen molar-refractivity contribution in [2.45, 2.75) is 17.4 Å². The van der Waals surface area contributed by atoms with Crippen molar-refractivity contribution in [2.75, 3.05) is 6.54 Å². The van der Waals surface area contributed by atoms with E-state index in [1.807, 2.05) is 4.72 Å². The Morgan fingerprint density at radius 2 is 2.00 bits per heavy atom. The number of hydrogen-bond acceptors (Lipinski definition) is 4. The molecule has 1 aromatic rings. The summed E-state index contributed by atoms with van der Waals surface area (Å²) in [6, 6.07) is 1.93. The molecule has 0 bridgehead atoms. The van der Waals surface area contributed by atoms with Gasteiger partial charge in [-0.1, -0.05) is 0 Å². The molecule has 0 saturated heterocycles. The fraction of sp³-hybridized carbons (Fsp3) is 0.300. The molecule has 106 valence electrons. The van der Waals surface area contributed by atoms with Crippen LogP contribution < -0.4 is 4.72 Å². The third kappa shape index (κ3) is 4.23. The molecule has 19 heavy (non-hydrogen) atoms. The molecule has 0 radical (unpaired) electrons. The Bertz CT molecular complexity index is 575. The second-order valence-electron chi connectivity index (χ2n) is 3.62. The lowest BCUT2D eigenvalue weighted by molar-refractivity contribution is -0.146. The minimum Gasteiger partial charge on any atom is -0.479 e. The molecular weight excluding hydrogens is 284 g/mol. The van der Waals surface area contributed by atoms with Gasteiger partial charge in [0.1, 0.15) is 16.5 Å². The van der Waals surface area contributed by atoms with E-state index >= 15 is 0 Å². The van der Waals surface area contributed by atoms with Gasteiger partial charge in [0.2, 0.25) is 10.0 Å². The van der Waals surface area contributed by atoms with Crippen LogP contribution in [0.25, 0.3) is 0 Å². The predicted molar refractivity (Wildman–Crippen MR) is 59.8 cm³/mol. The summed E-state index contributed by atoms with van der Waals surface area (Å²) in [7, 11) is -4.30. The summed E-state index contributed by atoms with van der Waals surface area (Å²) in [6.45, 7) is -0.425. The predicted octanol–water partition coefficient (Wildman–Crippen LogP) is 0.0787. The summed E-state index contributed by atoms with van der Waals surface area (Å²) in [5.74, 6) is -3.56. The first-order chi connectivity index (χ1) is 8.74. The molecule has 0 aliphatic rings. The van der Waals surface area contributed by atoms with E-state index in [9.17, 15) is 22.0 Å². The molecule has 6 nitrogen and oxygen atoms in total. The van der Waals surface area contributed by atoms with Crippen LogP contribution in [0.3, 0.4) is 0 Å². The number of halogens is 2. The average Bonchev–Trinajstić information content (AvgIpc) is 2.31. The summed E-state index contributed by atoms with van der Waals surface area (Å²) in [5.41, 5.74) is 0. The van der Waals surface area contributed by atoms with Gasteiger partial charge >= 0.3 is 5.97 Å². The van der Waals surface area contributed by atoms with Crippen molar-refractivity contribution in [3.8, 4) is 0 Å². The van der Waals surface area contributed by atoms with Crippen molar-refractivity contribution in [1.82, 2.24) is 4.72 Å². The van der Waals surface area contributed by atoms with Gasteiger partial charge in [0.15, 0.2) is 6.10 Å². The highest BCUT2D eigenvalue weighted by atomic mass is 32.2. The molecule has 0 heterocycles. The monoisotopic (exact) mass is 295 g/mol. The lowest BCUT2D eigenvalue weighted by Gasteiger charge is -2.09. The van der Waals surface area contributed by atoms with E-state index in [-0.39, 0.29) is 0 Å². The minimum atomic E-state index is -4.30. The second-order valence-corrected chi connectivity index (χ2v) is 5.35. The second kappa shape index (κ2) is 6.04. The van der Waals surface area contributed by atoms with E-state index < -0.39 is 51.6 Å². The number of sulfonamides is 1. The number of hydrogen-bond donors (Lipinski definition) is 3. The van der Waals surface area contributed by atoms with Gasteiger partial charge < -0.3 is 10.2 Å². The van der Waals surface area contributed by atoms with Crippen molar-refractivity contribution in [3.05, 3.63) is 29.8 Å². The van der Waals surface area contributed by atoms with Gasteiger partial charge in [-0.3, -0.25) is 0 Å². The maximum Gasteiger partial charge on any atom is 0.332 e. The molecule has 0 saturated carbocycles. The molecule has 3 N–H and O–H groups in total. The molecule has 1 atom stereocenters. The zero-order chi connectivity index (χ0) is 14.6. The molecule has 0 amide bonds. The smallest absolute Gasteiger partial charge is 0.332 e. The van der Waals surface area contributed by atoms with Crippen LogP contribution in [0, 0.1) is 11.6 Å². The number of aliphatic carboxylic acids is 1. The molecule has 0 aliphatic heterocycles. The van der Waals surface area contributed by atoms with Gasteiger partial charge in [0.25, 0.3) is 0 Å². The molecule has 9 heteroatoms. The largest absolute Gasteiger partial charge is 0.479 e. The Kier molecular flexibility index (Phi) is 4.92. The number of aliphatic hydroxyl groups excluding tert-OH is 1. The molecule has 1 unspecified atom stereocenters. The summed E-state index contributed by atoms with van der Waals surface area (Å²) < 4.78 is 51.2. The van der Waals surface area contributed by atoms with Crippen molar-refractivity contribution < 1.29 is 32.2 Å². The van der Waals surface area contributed by atoms with Crippen molar-refractivity contribution >= 4 is 16.0 Å². The van der Waals surface area contributed by atoms with Crippen LogP contribution in [-0.4, -0.2) is 37.2 Å². The lowest BCUT2D eigenvalue weighted by atomic mass is 10.3. The van der Waals surface area contributed by atoms with E-state index in [1.54, 1.807) is 0 Å². The third-order valence-electron chi connectivity index (χ3n) is 2.18. The SMILES string of the molecule is O=C(O)C(O)CCNS(=O)(=O)c1cc(F)ccc1F. The number of nitrogens with one attached hydrogen (secondary N) is 1. The number of rotatable bonds is 6. The Morgan fingerprint density at radius 1 is 1.37 bits per heavy atom. The third-order valence-corrected chi connectivity index (χ3v) is 3.65. The van der Waals surface area contributed by atoms with E-state index in [0.29, 0.717) is 12.1 Å². The van der Waals surface area contributed by atoms with Gasteiger partial charge in [-0.25, -0.2) is 26.7 Å². The minimum absolute atomic E-state index is 0.397. The van der Waals surface area contributed by atoms with Crippen LogP contribution >= 0.6 is 0 Å². The Labute approximate surface area is 107 Å². The highest BCUT2D eigenvalue weighted by Gasteiger charge is 2.21. The Hall–Kier alpha value is -1.58. The fourth-order valence-corrected chi connectivity index (χ4v) is 2.35. The fourth-order valence-electron chi connectivity index (χ4n) is 1.21. The van der Waals surface area contributed by atoms with Gasteiger partial charge in [0, 0.05) is 6.54 Å². The van der Waals surface area contributed by atoms with Crippen LogP contribution in [0.2, 0.25) is 0 Å². The first kappa shape index (κ1) is 15.5. The summed E-state index contributed by atoms with van der Waals surface area (Å²) in [4.78, 5) is 9.41. The highest BCUT2D eigenvalue weighted by Crippen LogP contribution is 2.15. The maximum absolute atomic E-state index is 13.3. The number of carboxylic acids is 1. The zero-order valence-electron chi connectivity index (χ0n) is 9.51. The Morgan fingerprint density at radius 3 is 2.58 bits per heavy atom. The van der Waals surface area contributed by atoms with Gasteiger partial charge in [-0.05, 0) is 24.6 Å². The van der Waals surface area contributed by atoms with Gasteiger partial charge in [-0.2, -0.15) is 0 Å². The summed E-state index contributed by atoms with van der Waals surface area (Å²) in [5, 5.41) is 17.3. The average molecular weight is 295 g/mol. The van der Waals surface area contributed by atoms with Crippen molar-refractivity contribution in [3.63, 3.8) is 0 Å². The van der Waals surface area contributed by atoms with E-state index in [2.05, 4.69) is 0 Å². The number of carbonyl (C=O) groups is 1. The zero-order valence-corrected chi connectivity index (χ0v) is 10.3. The lowest BCUT2D eigenvalue weighted by Crippen LogP contribution is -2.30. The molecule has 0 spiro atoms. The Balaban J connectivity index is 2.76. The van der Waals surface area contributed by atoms with E-state index in [1.165, 1.54) is 0 Å². The summed E-state index contributed by atoms with van der Waals surface area (Å²) in [6.07, 6.45) is -2.13. The number of aliphatic hydroxyl groups is 1. The number of benzene rings is 1. The number of carboxylic acid groups (broad SMARTS) is 1. The normalized spacial score (nSPS) is 13.2. The van der Waals surface area contributed by atoms with Crippen LogP contribution in [0.4, 0.5) is 8.78 Å². The molecule has 0 aliphatic carbocycles. The molecule has 0 aromatic heterocycles. The topological polar surface area (TPSA) is 104 Å². The van der Waals surface area contributed by atoms with Crippen LogP contribution in [0.15, 0.2) is 23.1 Å². The van der Waals surface area contributed by atoms with Gasteiger partial charge in [0.05, 0.1) is 0 Å². The van der Waals surface area contributed by atoms with Crippen LogP contribution in [0.5, 0.6) is 0 Å². The molecule has 1 rings (SSSR count). The van der Waals surface area contributed by atoms with Gasteiger partial charge in [-0.15, -0.1) is 0 Å². The quantitative estimate of drug-likeness (QED) is 0.689. The van der Waals surface area contributed by atoms with E-state index in [4.69, 9.17) is 10.2 Å². The first-order valence-corrected chi connectivity index (χ1v) is 6.58. The molecule has 0 fully saturated rings. The van der Waals surface area contributed by atoms with Crippen LogP contribution in [0.1, 0.15) is 6.42 Å². The van der Waals surface area contributed by atoms with Crippen molar-refractivity contribution in [2.24, 2.45) is 0 Å². The highest BCUT2D eigenvalue weighted by molar-refractivity contribution is 7.89. The van der Waals surface area contributed by atoms with E-state index in [0.717, 1.165) is 6.07 Å².